The summed E-state index contributed by atoms with van der Waals surface area (Å²) >= 11 is 0. The Morgan fingerprint density at radius 3 is 1.42 bits per heavy atom. The molecule has 0 nitrogen and oxygen atoms in total. The van der Waals surface area contributed by atoms with Crippen molar-refractivity contribution in [2.45, 2.75) is 26.7 Å². The van der Waals surface area contributed by atoms with Crippen LogP contribution in [-0.2, 0) is 0 Å². The molecule has 0 aromatic heterocycles. The third kappa shape index (κ3) is 0.211. The second-order valence-corrected chi connectivity index (χ2v) is 6.57. The standard InChI is InChI=1S/C12H16/c1-11-7-5-3-4-6-9(7)12(11,2)10(6)8(5)11/h5-10H,3-4H2,1-2H3. The van der Waals surface area contributed by atoms with Crippen molar-refractivity contribution in [1.82, 2.24) is 0 Å². The number of rotatable bonds is 0. The molecule has 0 heterocycles. The van der Waals surface area contributed by atoms with Gasteiger partial charge in [-0.25, -0.2) is 0 Å². The maximum absolute atomic E-state index is 2.60. The van der Waals surface area contributed by atoms with Crippen molar-refractivity contribution in [1.29, 1.82) is 0 Å². The molecule has 0 amide bonds. The van der Waals surface area contributed by atoms with Gasteiger partial charge >= 0.3 is 0 Å². The maximum atomic E-state index is 2.60. The lowest BCUT2D eigenvalue weighted by Gasteiger charge is -3.03. The zero-order chi connectivity index (χ0) is 7.88. The van der Waals surface area contributed by atoms with Crippen LogP contribution in [0, 0.1) is 46.3 Å². The molecule has 6 saturated carbocycles. The summed E-state index contributed by atoms with van der Waals surface area (Å²) in [6.45, 7) is 5.21. The summed E-state index contributed by atoms with van der Waals surface area (Å²) in [6, 6.07) is 0. The molecule has 0 aliphatic heterocycles. The van der Waals surface area contributed by atoms with Gasteiger partial charge in [0.15, 0.2) is 0 Å². The van der Waals surface area contributed by atoms with Crippen LogP contribution in [0.1, 0.15) is 26.7 Å². The highest BCUT2D eigenvalue weighted by Gasteiger charge is 2.98. The first kappa shape index (κ1) is 5.67. The SMILES string of the molecule is CC12C3C4CCC5C3C1(C)C5C42. The van der Waals surface area contributed by atoms with E-state index in [1.54, 1.807) is 12.8 Å². The van der Waals surface area contributed by atoms with Gasteiger partial charge in [-0.3, -0.25) is 0 Å². The lowest BCUT2D eigenvalue weighted by atomic mass is 9.01. The molecular formula is C12H16. The minimum absolute atomic E-state index is 0.879. The summed E-state index contributed by atoms with van der Waals surface area (Å²) in [5.41, 5.74) is 1.76. The van der Waals surface area contributed by atoms with E-state index >= 15 is 0 Å². The van der Waals surface area contributed by atoms with E-state index in [1.165, 1.54) is 35.5 Å². The van der Waals surface area contributed by atoms with Gasteiger partial charge in [-0.1, -0.05) is 13.8 Å². The van der Waals surface area contributed by atoms with Gasteiger partial charge in [-0.2, -0.15) is 0 Å². The molecule has 0 aromatic carbocycles. The Labute approximate surface area is 73.7 Å². The molecule has 6 aliphatic carbocycles. The summed E-state index contributed by atoms with van der Waals surface area (Å²) < 4.78 is 0. The molecule has 2 bridgehead atoms. The molecule has 4 atom stereocenters. The normalized spacial score (nSPS) is 90.5. The average molecular weight is 160 g/mol. The van der Waals surface area contributed by atoms with Crippen LogP contribution in [-0.4, -0.2) is 0 Å². The highest BCUT2D eigenvalue weighted by Crippen LogP contribution is 3.02. The first-order valence-electron chi connectivity index (χ1n) is 5.72. The molecule has 6 fully saturated rings. The quantitative estimate of drug-likeness (QED) is 0.511. The van der Waals surface area contributed by atoms with E-state index in [4.69, 9.17) is 0 Å². The van der Waals surface area contributed by atoms with Crippen LogP contribution in [0.2, 0.25) is 0 Å². The van der Waals surface area contributed by atoms with Crippen molar-refractivity contribution >= 4 is 0 Å². The van der Waals surface area contributed by atoms with Crippen molar-refractivity contribution in [3.63, 3.8) is 0 Å². The zero-order valence-electron chi connectivity index (χ0n) is 7.88. The lowest BCUT2D eigenvalue weighted by molar-refractivity contribution is -0.560. The van der Waals surface area contributed by atoms with Gasteiger partial charge in [0.2, 0.25) is 0 Å². The van der Waals surface area contributed by atoms with E-state index in [0.717, 1.165) is 10.8 Å². The summed E-state index contributed by atoms with van der Waals surface area (Å²) in [5, 5.41) is 0. The van der Waals surface area contributed by atoms with E-state index in [1.807, 2.05) is 0 Å². The Balaban J connectivity index is 1.80. The Morgan fingerprint density at radius 2 is 1.08 bits per heavy atom. The predicted molar refractivity (Wildman–Crippen MR) is 46.4 cm³/mol. The molecular weight excluding hydrogens is 144 g/mol. The van der Waals surface area contributed by atoms with Crippen molar-refractivity contribution in [3.05, 3.63) is 0 Å². The topological polar surface area (TPSA) is 0 Å². The van der Waals surface area contributed by atoms with Crippen LogP contribution in [0.25, 0.3) is 0 Å². The van der Waals surface area contributed by atoms with Crippen LogP contribution in [0.3, 0.4) is 0 Å². The molecule has 4 unspecified atom stereocenters. The molecule has 64 valence electrons. The fourth-order valence-corrected chi connectivity index (χ4v) is 7.34. The summed E-state index contributed by atoms with van der Waals surface area (Å²) in [4.78, 5) is 0. The van der Waals surface area contributed by atoms with Gasteiger partial charge in [-0.05, 0) is 59.2 Å². The van der Waals surface area contributed by atoms with Gasteiger partial charge in [0, 0.05) is 0 Å². The summed E-state index contributed by atoms with van der Waals surface area (Å²) in [7, 11) is 0. The van der Waals surface area contributed by atoms with Gasteiger partial charge < -0.3 is 0 Å². The van der Waals surface area contributed by atoms with Gasteiger partial charge in [-0.15, -0.1) is 0 Å². The Kier molecular flexibility index (Phi) is 0.508. The van der Waals surface area contributed by atoms with Crippen LogP contribution in [0.5, 0.6) is 0 Å². The Morgan fingerprint density at radius 1 is 0.750 bits per heavy atom. The summed E-state index contributed by atoms with van der Waals surface area (Å²) in [5.74, 6) is 7.31. The van der Waals surface area contributed by atoms with Crippen LogP contribution in [0.4, 0.5) is 0 Å². The lowest BCUT2D eigenvalue weighted by Crippen LogP contribution is -2.99. The number of fused-ring (bicyclic) bond motifs is 1. The largest absolute Gasteiger partial charge is 0.0585 e. The van der Waals surface area contributed by atoms with Crippen molar-refractivity contribution in [3.8, 4) is 0 Å². The highest BCUT2D eigenvalue weighted by atomic mass is 15.0. The molecule has 6 rings (SSSR count). The minimum atomic E-state index is 0.879. The Hall–Kier alpha value is 0. The molecule has 0 spiro atoms. The van der Waals surface area contributed by atoms with Gasteiger partial charge in [0.1, 0.15) is 0 Å². The molecule has 0 radical (unpaired) electrons. The molecule has 6 aliphatic rings. The van der Waals surface area contributed by atoms with E-state index in [-0.39, 0.29) is 0 Å². The first-order chi connectivity index (χ1) is 5.72. The smallest absolute Gasteiger partial charge is 0.0198 e. The van der Waals surface area contributed by atoms with E-state index in [0.29, 0.717) is 0 Å². The molecule has 0 saturated heterocycles. The third-order valence-corrected chi connectivity index (χ3v) is 7.38. The van der Waals surface area contributed by atoms with E-state index < -0.39 is 0 Å². The van der Waals surface area contributed by atoms with E-state index in [9.17, 15) is 0 Å². The highest BCUT2D eigenvalue weighted by molar-refractivity contribution is 5.44. The van der Waals surface area contributed by atoms with Crippen LogP contribution in [0.15, 0.2) is 0 Å². The van der Waals surface area contributed by atoms with Crippen molar-refractivity contribution in [2.75, 3.05) is 0 Å². The van der Waals surface area contributed by atoms with Gasteiger partial charge in [0.25, 0.3) is 0 Å². The maximum Gasteiger partial charge on any atom is -0.0198 e. The second kappa shape index (κ2) is 1.07. The second-order valence-electron chi connectivity index (χ2n) is 6.57. The number of hydrogen-bond acceptors (Lipinski definition) is 0. The fourth-order valence-electron chi connectivity index (χ4n) is 7.34. The number of hydrogen-bond donors (Lipinski definition) is 0. The van der Waals surface area contributed by atoms with Crippen LogP contribution >= 0.6 is 0 Å². The van der Waals surface area contributed by atoms with Crippen molar-refractivity contribution < 1.29 is 0 Å². The molecule has 0 aromatic rings. The van der Waals surface area contributed by atoms with E-state index in [2.05, 4.69) is 13.8 Å². The minimum Gasteiger partial charge on any atom is -0.0585 e. The van der Waals surface area contributed by atoms with Gasteiger partial charge in [0.05, 0.1) is 0 Å². The first-order valence-corrected chi connectivity index (χ1v) is 5.72. The molecule has 0 heteroatoms. The molecule has 0 N–H and O–H groups in total. The average Bonchev–Trinajstić information content (AvgIpc) is 2.14. The third-order valence-electron chi connectivity index (χ3n) is 7.38. The predicted octanol–water partition coefficient (Wildman–Crippen LogP) is 2.54. The zero-order valence-corrected chi connectivity index (χ0v) is 7.88. The Bertz CT molecular complexity index is 264. The van der Waals surface area contributed by atoms with Crippen molar-refractivity contribution in [2.24, 2.45) is 46.3 Å². The monoisotopic (exact) mass is 160 g/mol. The fraction of sp³-hybridized carbons (Fsp3) is 1.00. The summed E-state index contributed by atoms with van der Waals surface area (Å²) in [6.07, 6.45) is 3.22. The molecule has 12 heavy (non-hydrogen) atoms. The van der Waals surface area contributed by atoms with Crippen LogP contribution < -0.4 is 0 Å².